The van der Waals surface area contributed by atoms with Crippen molar-refractivity contribution in [3.8, 4) is 0 Å². The van der Waals surface area contributed by atoms with E-state index in [9.17, 15) is 5.11 Å². The molecule has 0 aliphatic carbocycles. The van der Waals surface area contributed by atoms with E-state index in [1.165, 1.54) is 5.69 Å². The predicted molar refractivity (Wildman–Crippen MR) is 65.2 cm³/mol. The van der Waals surface area contributed by atoms with Gasteiger partial charge < -0.3 is 10.0 Å². The fourth-order valence-corrected chi connectivity index (χ4v) is 1.59. The lowest BCUT2D eigenvalue weighted by Crippen LogP contribution is -2.36. The summed E-state index contributed by atoms with van der Waals surface area (Å²) in [4.78, 5) is 2.29. The maximum atomic E-state index is 9.26. The standard InChI is InChI=1S/C13H21NO/c1-4-14(10-13(2,3)11-15)12-8-6-5-7-9-12/h5-9,15H,4,10-11H2,1-3H3. The first-order valence-corrected chi connectivity index (χ1v) is 5.50. The number of rotatable bonds is 5. The number of nitrogens with zero attached hydrogens (tertiary/aromatic N) is 1. The van der Waals surface area contributed by atoms with Crippen LogP contribution in [0.3, 0.4) is 0 Å². The average molecular weight is 207 g/mol. The molecule has 1 N–H and O–H groups in total. The minimum Gasteiger partial charge on any atom is -0.396 e. The molecule has 1 rings (SSSR count). The SMILES string of the molecule is CCN(CC(C)(C)CO)c1ccccc1. The molecule has 84 valence electrons. The predicted octanol–water partition coefficient (Wildman–Crippen LogP) is 2.53. The molecule has 0 fully saturated rings. The van der Waals surface area contributed by atoms with Crippen LogP contribution in [0.4, 0.5) is 5.69 Å². The highest BCUT2D eigenvalue weighted by Crippen LogP contribution is 2.21. The highest BCUT2D eigenvalue weighted by atomic mass is 16.3. The maximum absolute atomic E-state index is 9.26. The molecular formula is C13H21NO. The molecule has 0 amide bonds. The van der Waals surface area contributed by atoms with Gasteiger partial charge in [-0.3, -0.25) is 0 Å². The van der Waals surface area contributed by atoms with Crippen LogP contribution in [0.2, 0.25) is 0 Å². The molecule has 0 unspecified atom stereocenters. The number of aliphatic hydroxyl groups is 1. The van der Waals surface area contributed by atoms with E-state index in [1.807, 2.05) is 18.2 Å². The summed E-state index contributed by atoms with van der Waals surface area (Å²) in [5.74, 6) is 0. The quantitative estimate of drug-likeness (QED) is 0.802. The monoisotopic (exact) mass is 207 g/mol. The second-order valence-electron chi connectivity index (χ2n) is 4.67. The summed E-state index contributed by atoms with van der Waals surface area (Å²) in [5.41, 5.74) is 1.17. The van der Waals surface area contributed by atoms with Gasteiger partial charge in [0, 0.05) is 30.8 Å². The van der Waals surface area contributed by atoms with Crippen molar-refractivity contribution in [2.45, 2.75) is 20.8 Å². The highest BCUT2D eigenvalue weighted by Gasteiger charge is 2.20. The normalized spacial score (nSPS) is 11.5. The molecule has 0 saturated carbocycles. The lowest BCUT2D eigenvalue weighted by atomic mass is 9.94. The Morgan fingerprint density at radius 3 is 2.27 bits per heavy atom. The Balaban J connectivity index is 2.73. The number of hydrogen-bond acceptors (Lipinski definition) is 2. The summed E-state index contributed by atoms with van der Waals surface area (Å²) >= 11 is 0. The van der Waals surface area contributed by atoms with Gasteiger partial charge in [-0.1, -0.05) is 32.0 Å². The maximum Gasteiger partial charge on any atom is 0.0499 e. The zero-order chi connectivity index (χ0) is 11.3. The van der Waals surface area contributed by atoms with Crippen molar-refractivity contribution in [3.63, 3.8) is 0 Å². The van der Waals surface area contributed by atoms with E-state index in [0.29, 0.717) is 0 Å². The van der Waals surface area contributed by atoms with Crippen molar-refractivity contribution in [2.75, 3.05) is 24.6 Å². The molecule has 15 heavy (non-hydrogen) atoms. The Hall–Kier alpha value is -1.02. The van der Waals surface area contributed by atoms with Crippen molar-refractivity contribution in [3.05, 3.63) is 30.3 Å². The lowest BCUT2D eigenvalue weighted by molar-refractivity contribution is 0.164. The first-order valence-electron chi connectivity index (χ1n) is 5.50. The Labute approximate surface area is 92.5 Å². The van der Waals surface area contributed by atoms with E-state index >= 15 is 0 Å². The molecule has 0 spiro atoms. The van der Waals surface area contributed by atoms with Gasteiger partial charge in [-0.15, -0.1) is 0 Å². The van der Waals surface area contributed by atoms with Crippen LogP contribution in [0, 0.1) is 5.41 Å². The zero-order valence-corrected chi connectivity index (χ0v) is 9.90. The van der Waals surface area contributed by atoms with Crippen LogP contribution < -0.4 is 4.90 Å². The van der Waals surface area contributed by atoms with Gasteiger partial charge in [-0.25, -0.2) is 0 Å². The second-order valence-corrected chi connectivity index (χ2v) is 4.67. The van der Waals surface area contributed by atoms with Gasteiger partial charge in [-0.05, 0) is 19.1 Å². The Morgan fingerprint density at radius 1 is 1.20 bits per heavy atom. The largest absolute Gasteiger partial charge is 0.396 e. The summed E-state index contributed by atoms with van der Waals surface area (Å²) in [6.07, 6.45) is 0. The van der Waals surface area contributed by atoms with Gasteiger partial charge in [-0.2, -0.15) is 0 Å². The minimum atomic E-state index is -0.0498. The summed E-state index contributed by atoms with van der Waals surface area (Å²) in [5, 5.41) is 9.26. The van der Waals surface area contributed by atoms with E-state index in [0.717, 1.165) is 13.1 Å². The van der Waals surface area contributed by atoms with Crippen LogP contribution in [0.1, 0.15) is 20.8 Å². The van der Waals surface area contributed by atoms with Gasteiger partial charge in [0.15, 0.2) is 0 Å². The van der Waals surface area contributed by atoms with Crippen molar-refractivity contribution in [2.24, 2.45) is 5.41 Å². The van der Waals surface area contributed by atoms with Gasteiger partial charge in [0.25, 0.3) is 0 Å². The number of benzene rings is 1. The summed E-state index contributed by atoms with van der Waals surface area (Å²) in [7, 11) is 0. The number of aliphatic hydroxyl groups excluding tert-OH is 1. The lowest BCUT2D eigenvalue weighted by Gasteiger charge is -2.32. The molecule has 0 bridgehead atoms. The van der Waals surface area contributed by atoms with Gasteiger partial charge >= 0.3 is 0 Å². The van der Waals surface area contributed by atoms with E-state index in [4.69, 9.17) is 0 Å². The average Bonchev–Trinajstić information content (AvgIpc) is 2.27. The van der Waals surface area contributed by atoms with Crippen LogP contribution in [0.25, 0.3) is 0 Å². The Kier molecular flexibility index (Phi) is 4.15. The molecule has 2 nitrogen and oxygen atoms in total. The molecule has 1 aromatic carbocycles. The van der Waals surface area contributed by atoms with Crippen molar-refractivity contribution >= 4 is 5.69 Å². The smallest absolute Gasteiger partial charge is 0.0499 e. The van der Waals surface area contributed by atoms with Gasteiger partial charge in [0.05, 0.1) is 0 Å². The van der Waals surface area contributed by atoms with Gasteiger partial charge in [0.2, 0.25) is 0 Å². The van der Waals surface area contributed by atoms with Crippen LogP contribution in [-0.4, -0.2) is 24.8 Å². The summed E-state index contributed by atoms with van der Waals surface area (Å²) in [6, 6.07) is 10.3. The fraction of sp³-hybridized carbons (Fsp3) is 0.538. The van der Waals surface area contributed by atoms with Crippen LogP contribution >= 0.6 is 0 Å². The molecule has 0 aliphatic rings. The molecule has 2 heteroatoms. The third-order valence-electron chi connectivity index (χ3n) is 2.55. The first-order chi connectivity index (χ1) is 7.09. The van der Waals surface area contributed by atoms with Crippen molar-refractivity contribution < 1.29 is 5.11 Å². The minimum absolute atomic E-state index is 0.0498. The topological polar surface area (TPSA) is 23.5 Å². The molecule has 0 radical (unpaired) electrons. The summed E-state index contributed by atoms with van der Waals surface area (Å²) < 4.78 is 0. The van der Waals surface area contributed by atoms with Crippen LogP contribution in [0.15, 0.2) is 30.3 Å². The number of para-hydroxylation sites is 1. The van der Waals surface area contributed by atoms with Gasteiger partial charge in [0.1, 0.15) is 0 Å². The number of hydrogen-bond donors (Lipinski definition) is 1. The van der Waals surface area contributed by atoms with E-state index in [1.54, 1.807) is 0 Å². The van der Waals surface area contributed by atoms with Crippen LogP contribution in [0.5, 0.6) is 0 Å². The molecule has 0 aromatic heterocycles. The van der Waals surface area contributed by atoms with E-state index < -0.39 is 0 Å². The molecule has 0 aliphatic heterocycles. The zero-order valence-electron chi connectivity index (χ0n) is 9.90. The van der Waals surface area contributed by atoms with Crippen molar-refractivity contribution in [1.82, 2.24) is 0 Å². The highest BCUT2D eigenvalue weighted by molar-refractivity contribution is 5.45. The molecule has 0 saturated heterocycles. The second kappa shape index (κ2) is 5.17. The molecule has 1 aromatic rings. The summed E-state index contributed by atoms with van der Waals surface area (Å²) in [6.45, 7) is 8.37. The molecular weight excluding hydrogens is 186 g/mol. The van der Waals surface area contributed by atoms with E-state index in [-0.39, 0.29) is 12.0 Å². The van der Waals surface area contributed by atoms with Crippen molar-refractivity contribution in [1.29, 1.82) is 0 Å². The fourth-order valence-electron chi connectivity index (χ4n) is 1.59. The Morgan fingerprint density at radius 2 is 1.80 bits per heavy atom. The number of anilines is 1. The first kappa shape index (κ1) is 12.1. The van der Waals surface area contributed by atoms with E-state index in [2.05, 4.69) is 37.8 Å². The Bertz CT molecular complexity index is 282. The van der Waals surface area contributed by atoms with Crippen LogP contribution in [-0.2, 0) is 0 Å². The molecule has 0 heterocycles. The third kappa shape index (κ3) is 3.56. The molecule has 0 atom stereocenters. The third-order valence-corrected chi connectivity index (χ3v) is 2.55.